The molecule has 0 aromatic carbocycles. The maximum Gasteiger partial charge on any atom is 0.231 e. The van der Waals surface area contributed by atoms with Crippen molar-refractivity contribution in [1.29, 1.82) is 0 Å². The first-order valence-corrected chi connectivity index (χ1v) is 5.11. The van der Waals surface area contributed by atoms with E-state index in [1.165, 1.54) is 6.33 Å². The molecule has 5 nitrogen and oxygen atoms in total. The van der Waals surface area contributed by atoms with Gasteiger partial charge in [-0.1, -0.05) is 23.2 Å². The van der Waals surface area contributed by atoms with Gasteiger partial charge in [-0.05, 0) is 0 Å². The highest BCUT2D eigenvalue weighted by Crippen LogP contribution is 2.25. The number of nitrogens with one attached hydrogen (secondary N) is 2. The van der Waals surface area contributed by atoms with E-state index in [-0.39, 0.29) is 27.8 Å². The van der Waals surface area contributed by atoms with Crippen LogP contribution in [0.15, 0.2) is 6.33 Å². The molecule has 80 valence electrons. The van der Waals surface area contributed by atoms with Gasteiger partial charge >= 0.3 is 0 Å². The van der Waals surface area contributed by atoms with E-state index < -0.39 is 0 Å². The fourth-order valence-corrected chi connectivity index (χ4v) is 1.41. The van der Waals surface area contributed by atoms with Crippen LogP contribution in [-0.4, -0.2) is 29.0 Å². The maximum atomic E-state index is 11.5. The second kappa shape index (κ2) is 4.30. The zero-order valence-electron chi connectivity index (χ0n) is 7.63. The van der Waals surface area contributed by atoms with Crippen molar-refractivity contribution in [1.82, 2.24) is 15.3 Å². The lowest BCUT2D eigenvalue weighted by atomic mass is 10.0. The van der Waals surface area contributed by atoms with E-state index in [2.05, 4.69) is 20.6 Å². The van der Waals surface area contributed by atoms with Gasteiger partial charge in [0.2, 0.25) is 5.91 Å². The van der Waals surface area contributed by atoms with Crippen LogP contribution >= 0.6 is 23.2 Å². The molecular weight excluding hydrogens is 239 g/mol. The number of carbonyl (C=O) groups is 1. The van der Waals surface area contributed by atoms with E-state index in [1.807, 2.05) is 0 Å². The van der Waals surface area contributed by atoms with Gasteiger partial charge in [-0.2, -0.15) is 0 Å². The zero-order valence-corrected chi connectivity index (χ0v) is 9.14. The van der Waals surface area contributed by atoms with Crippen molar-refractivity contribution >= 4 is 34.9 Å². The van der Waals surface area contributed by atoms with Crippen molar-refractivity contribution in [3.63, 3.8) is 0 Å². The van der Waals surface area contributed by atoms with E-state index in [0.717, 1.165) is 0 Å². The third-order valence-electron chi connectivity index (χ3n) is 2.14. The molecular formula is C8H8Cl2N4O. The van der Waals surface area contributed by atoms with Gasteiger partial charge in [0.1, 0.15) is 11.3 Å². The van der Waals surface area contributed by atoms with E-state index in [1.54, 1.807) is 0 Å². The molecule has 0 radical (unpaired) electrons. The van der Waals surface area contributed by atoms with Crippen molar-refractivity contribution in [3.05, 3.63) is 16.5 Å². The molecule has 0 atom stereocenters. The van der Waals surface area contributed by atoms with Crippen LogP contribution in [0.3, 0.4) is 0 Å². The Labute approximate surface area is 96.2 Å². The average molecular weight is 247 g/mol. The summed E-state index contributed by atoms with van der Waals surface area (Å²) in [6, 6.07) is 0. The Morgan fingerprint density at radius 1 is 1.47 bits per heavy atom. The minimum Gasteiger partial charge on any atom is -0.315 e. The highest BCUT2D eigenvalue weighted by Gasteiger charge is 2.25. The summed E-state index contributed by atoms with van der Waals surface area (Å²) in [5, 5.41) is 5.91. The van der Waals surface area contributed by atoms with Gasteiger partial charge in [0.25, 0.3) is 0 Å². The second-order valence-corrected chi connectivity index (χ2v) is 3.91. The van der Waals surface area contributed by atoms with Gasteiger partial charge in [-0.25, -0.2) is 9.97 Å². The summed E-state index contributed by atoms with van der Waals surface area (Å²) >= 11 is 11.5. The molecule has 0 saturated carbocycles. The van der Waals surface area contributed by atoms with Crippen molar-refractivity contribution in [2.75, 3.05) is 18.4 Å². The summed E-state index contributed by atoms with van der Waals surface area (Å²) < 4.78 is 0. The number of aromatic nitrogens is 2. The summed E-state index contributed by atoms with van der Waals surface area (Å²) in [6.45, 7) is 1.37. The average Bonchev–Trinajstić information content (AvgIpc) is 2.10. The van der Waals surface area contributed by atoms with Crippen molar-refractivity contribution in [2.45, 2.75) is 0 Å². The monoisotopic (exact) mass is 246 g/mol. The molecule has 2 heterocycles. The first-order chi connectivity index (χ1) is 7.18. The number of nitrogens with zero attached hydrogens (tertiary/aromatic N) is 2. The maximum absolute atomic E-state index is 11.5. The molecule has 15 heavy (non-hydrogen) atoms. The van der Waals surface area contributed by atoms with Crippen LogP contribution in [-0.2, 0) is 4.79 Å². The second-order valence-electron chi connectivity index (χ2n) is 3.17. The minimum absolute atomic E-state index is 0.0187. The van der Waals surface area contributed by atoms with Crippen LogP contribution in [0.2, 0.25) is 10.2 Å². The van der Waals surface area contributed by atoms with E-state index >= 15 is 0 Å². The number of rotatable bonds is 2. The molecule has 7 heteroatoms. The fourth-order valence-electron chi connectivity index (χ4n) is 1.13. The standard InChI is InChI=1S/C8H8Cl2N4O/c9-5-6(10)12-3-13-7(5)14-8(15)4-1-11-2-4/h3-4,11H,1-2H2,(H,12,13,14,15). The quantitative estimate of drug-likeness (QED) is 0.763. The zero-order chi connectivity index (χ0) is 10.8. The summed E-state index contributed by atoms with van der Waals surface area (Å²) in [4.78, 5) is 19.1. The SMILES string of the molecule is O=C(Nc1ncnc(Cl)c1Cl)C1CNC1. The minimum atomic E-state index is -0.106. The molecule has 1 aliphatic heterocycles. The Kier molecular flexibility index (Phi) is 3.04. The number of halogens is 2. The molecule has 0 unspecified atom stereocenters. The van der Waals surface area contributed by atoms with Crippen LogP contribution in [0.25, 0.3) is 0 Å². The van der Waals surface area contributed by atoms with E-state index in [9.17, 15) is 4.79 Å². The summed E-state index contributed by atoms with van der Waals surface area (Å²) in [5.41, 5.74) is 0. The van der Waals surface area contributed by atoms with Gasteiger partial charge in [-0.15, -0.1) is 0 Å². The predicted octanol–water partition coefficient (Wildman–Crippen LogP) is 0.941. The van der Waals surface area contributed by atoms with Gasteiger partial charge in [0, 0.05) is 13.1 Å². The Balaban J connectivity index is 2.09. The first-order valence-electron chi connectivity index (χ1n) is 4.36. The van der Waals surface area contributed by atoms with Crippen LogP contribution < -0.4 is 10.6 Å². The van der Waals surface area contributed by atoms with Crippen LogP contribution in [0.5, 0.6) is 0 Å². The molecule has 1 aromatic heterocycles. The van der Waals surface area contributed by atoms with Gasteiger partial charge < -0.3 is 10.6 Å². The normalized spacial score (nSPS) is 15.9. The van der Waals surface area contributed by atoms with Gasteiger partial charge in [-0.3, -0.25) is 4.79 Å². The van der Waals surface area contributed by atoms with Crippen LogP contribution in [0.1, 0.15) is 0 Å². The van der Waals surface area contributed by atoms with Crippen LogP contribution in [0, 0.1) is 5.92 Å². The molecule has 2 N–H and O–H groups in total. The Morgan fingerprint density at radius 2 is 2.20 bits per heavy atom. The lowest BCUT2D eigenvalue weighted by Gasteiger charge is -2.25. The molecule has 0 bridgehead atoms. The highest BCUT2D eigenvalue weighted by molar-refractivity contribution is 6.42. The van der Waals surface area contributed by atoms with Gasteiger partial charge in [0.15, 0.2) is 11.0 Å². The third kappa shape index (κ3) is 2.19. The predicted molar refractivity (Wildman–Crippen MR) is 57.0 cm³/mol. The molecule has 1 saturated heterocycles. The smallest absolute Gasteiger partial charge is 0.231 e. The molecule has 0 spiro atoms. The lowest BCUT2D eigenvalue weighted by molar-refractivity contribution is -0.121. The highest BCUT2D eigenvalue weighted by atomic mass is 35.5. The Hall–Kier alpha value is -0.910. The first kappa shape index (κ1) is 10.6. The fraction of sp³-hybridized carbons (Fsp3) is 0.375. The molecule has 0 aliphatic carbocycles. The number of amides is 1. The summed E-state index contributed by atoms with van der Waals surface area (Å²) in [6.07, 6.45) is 1.25. The van der Waals surface area contributed by atoms with E-state index in [4.69, 9.17) is 23.2 Å². The van der Waals surface area contributed by atoms with Gasteiger partial charge in [0.05, 0.1) is 5.92 Å². The van der Waals surface area contributed by atoms with E-state index in [0.29, 0.717) is 13.1 Å². The number of carbonyl (C=O) groups excluding carboxylic acids is 1. The summed E-state index contributed by atoms with van der Waals surface area (Å²) in [7, 11) is 0. The van der Waals surface area contributed by atoms with Crippen molar-refractivity contribution < 1.29 is 4.79 Å². The third-order valence-corrected chi connectivity index (χ3v) is 2.88. The molecule has 1 amide bonds. The Bertz CT molecular complexity index is 394. The lowest BCUT2D eigenvalue weighted by Crippen LogP contribution is -2.48. The number of anilines is 1. The van der Waals surface area contributed by atoms with Crippen molar-refractivity contribution in [3.8, 4) is 0 Å². The molecule has 2 rings (SSSR count). The molecule has 1 fully saturated rings. The molecule has 1 aliphatic rings. The largest absolute Gasteiger partial charge is 0.315 e. The van der Waals surface area contributed by atoms with Crippen molar-refractivity contribution in [2.24, 2.45) is 5.92 Å². The molecule has 1 aromatic rings. The van der Waals surface area contributed by atoms with Crippen LogP contribution in [0.4, 0.5) is 5.82 Å². The number of hydrogen-bond acceptors (Lipinski definition) is 4. The Morgan fingerprint density at radius 3 is 2.80 bits per heavy atom. The number of hydrogen-bond donors (Lipinski definition) is 2. The topological polar surface area (TPSA) is 66.9 Å². The summed E-state index contributed by atoms with van der Waals surface area (Å²) in [5.74, 6) is 0.133.